The lowest BCUT2D eigenvalue weighted by Crippen LogP contribution is -2.23. The van der Waals surface area contributed by atoms with Crippen molar-refractivity contribution in [2.24, 2.45) is 0 Å². The molecule has 0 saturated carbocycles. The highest BCUT2D eigenvalue weighted by Crippen LogP contribution is 2.29. The van der Waals surface area contributed by atoms with Crippen LogP contribution in [0.2, 0.25) is 0 Å². The Bertz CT molecular complexity index is 1090. The van der Waals surface area contributed by atoms with E-state index in [1.807, 2.05) is 36.6 Å². The molecule has 10 heteroatoms. The topological polar surface area (TPSA) is 78.3 Å². The molecule has 2 aromatic carbocycles. The van der Waals surface area contributed by atoms with Crippen LogP contribution in [-0.4, -0.2) is 33.0 Å². The standard InChI is InChI=1S/C22H24F2N4O3S/c1-5-28-20(13(2)31-17-8-6-7-16(12-17)30-4)26-27-22(28)32-14(3)21(29)25-19-10-9-15(23)11-18(19)24/h6-14H,5H2,1-4H3,(H,25,29). The molecule has 0 radical (unpaired) electrons. The van der Waals surface area contributed by atoms with Crippen molar-refractivity contribution in [3.63, 3.8) is 0 Å². The van der Waals surface area contributed by atoms with Crippen molar-refractivity contribution in [1.82, 2.24) is 14.8 Å². The van der Waals surface area contributed by atoms with Gasteiger partial charge in [-0.2, -0.15) is 0 Å². The Labute approximate surface area is 189 Å². The van der Waals surface area contributed by atoms with Gasteiger partial charge in [-0.15, -0.1) is 10.2 Å². The van der Waals surface area contributed by atoms with Crippen LogP contribution in [0.5, 0.6) is 11.5 Å². The van der Waals surface area contributed by atoms with E-state index in [0.717, 1.165) is 12.1 Å². The first-order valence-electron chi connectivity index (χ1n) is 9.98. The van der Waals surface area contributed by atoms with E-state index in [1.54, 1.807) is 20.1 Å². The lowest BCUT2D eigenvalue weighted by molar-refractivity contribution is -0.115. The summed E-state index contributed by atoms with van der Waals surface area (Å²) >= 11 is 1.19. The first-order valence-corrected chi connectivity index (χ1v) is 10.9. The molecule has 1 heterocycles. The fourth-order valence-electron chi connectivity index (χ4n) is 2.95. The minimum atomic E-state index is -0.835. The van der Waals surface area contributed by atoms with Gasteiger partial charge in [0, 0.05) is 18.7 Å². The van der Waals surface area contributed by atoms with Gasteiger partial charge >= 0.3 is 0 Å². The molecule has 170 valence electrons. The third-order valence-corrected chi connectivity index (χ3v) is 5.70. The maximum atomic E-state index is 13.8. The lowest BCUT2D eigenvalue weighted by Gasteiger charge is -2.17. The molecule has 3 rings (SSSR count). The van der Waals surface area contributed by atoms with Crippen molar-refractivity contribution in [1.29, 1.82) is 0 Å². The number of aromatic nitrogens is 3. The summed E-state index contributed by atoms with van der Waals surface area (Å²) < 4.78 is 40.0. The number of hydrogen-bond donors (Lipinski definition) is 1. The zero-order valence-electron chi connectivity index (χ0n) is 18.1. The highest BCUT2D eigenvalue weighted by atomic mass is 32.2. The maximum absolute atomic E-state index is 13.8. The Morgan fingerprint density at radius 3 is 2.59 bits per heavy atom. The number of nitrogens with one attached hydrogen (secondary N) is 1. The molecular weight excluding hydrogens is 438 g/mol. The number of thioether (sulfide) groups is 1. The number of hydrogen-bond acceptors (Lipinski definition) is 6. The molecule has 32 heavy (non-hydrogen) atoms. The summed E-state index contributed by atoms with van der Waals surface area (Å²) in [5.74, 6) is -0.0654. The maximum Gasteiger partial charge on any atom is 0.237 e. The van der Waals surface area contributed by atoms with Crippen LogP contribution < -0.4 is 14.8 Å². The summed E-state index contributed by atoms with van der Waals surface area (Å²) in [7, 11) is 1.58. The van der Waals surface area contributed by atoms with E-state index in [1.165, 1.54) is 17.8 Å². The Morgan fingerprint density at radius 1 is 1.16 bits per heavy atom. The Kier molecular flexibility index (Phi) is 7.68. The first-order chi connectivity index (χ1) is 15.3. The monoisotopic (exact) mass is 462 g/mol. The second kappa shape index (κ2) is 10.4. The third kappa shape index (κ3) is 5.56. The van der Waals surface area contributed by atoms with Gasteiger partial charge in [-0.1, -0.05) is 17.8 Å². The lowest BCUT2D eigenvalue weighted by atomic mass is 10.3. The zero-order valence-corrected chi connectivity index (χ0v) is 19.0. The normalized spacial score (nSPS) is 12.8. The number of anilines is 1. The quantitative estimate of drug-likeness (QED) is 0.459. The van der Waals surface area contributed by atoms with Gasteiger partial charge in [-0.25, -0.2) is 8.78 Å². The molecule has 0 aliphatic carbocycles. The summed E-state index contributed by atoms with van der Waals surface area (Å²) in [6.45, 7) is 6.04. The van der Waals surface area contributed by atoms with Gasteiger partial charge in [0.05, 0.1) is 18.0 Å². The second-order valence-electron chi connectivity index (χ2n) is 6.90. The molecule has 1 aromatic heterocycles. The number of carbonyl (C=O) groups excluding carboxylic acids is 1. The summed E-state index contributed by atoms with van der Waals surface area (Å²) in [6, 6.07) is 10.2. The van der Waals surface area contributed by atoms with E-state index in [0.29, 0.717) is 29.0 Å². The molecule has 0 aliphatic rings. The van der Waals surface area contributed by atoms with E-state index in [2.05, 4.69) is 15.5 Å². The second-order valence-corrected chi connectivity index (χ2v) is 8.21. The number of benzene rings is 2. The van der Waals surface area contributed by atoms with Crippen molar-refractivity contribution in [2.45, 2.75) is 43.8 Å². The number of halogens is 2. The predicted molar refractivity (Wildman–Crippen MR) is 118 cm³/mol. The fraction of sp³-hybridized carbons (Fsp3) is 0.318. The smallest absolute Gasteiger partial charge is 0.237 e. The molecule has 0 spiro atoms. The molecule has 0 bridgehead atoms. The highest BCUT2D eigenvalue weighted by molar-refractivity contribution is 8.00. The first kappa shape index (κ1) is 23.5. The molecule has 7 nitrogen and oxygen atoms in total. The summed E-state index contributed by atoms with van der Waals surface area (Å²) in [6.07, 6.45) is -0.402. The van der Waals surface area contributed by atoms with Gasteiger partial charge in [-0.05, 0) is 45.0 Å². The number of ether oxygens (including phenoxy) is 2. The predicted octanol–water partition coefficient (Wildman–Crippen LogP) is 4.84. The molecule has 0 fully saturated rings. The van der Waals surface area contributed by atoms with Crippen LogP contribution in [0.1, 0.15) is 32.7 Å². The molecule has 1 amide bonds. The summed E-state index contributed by atoms with van der Waals surface area (Å²) in [4.78, 5) is 12.5. The van der Waals surface area contributed by atoms with E-state index in [9.17, 15) is 13.6 Å². The van der Waals surface area contributed by atoms with Crippen molar-refractivity contribution in [3.8, 4) is 11.5 Å². The molecule has 3 aromatic rings. The number of nitrogens with zero attached hydrogens (tertiary/aromatic N) is 3. The minimum absolute atomic E-state index is 0.0817. The number of rotatable bonds is 9. The van der Waals surface area contributed by atoms with Gasteiger partial charge in [0.2, 0.25) is 5.91 Å². The van der Waals surface area contributed by atoms with Crippen LogP contribution >= 0.6 is 11.8 Å². The van der Waals surface area contributed by atoms with E-state index >= 15 is 0 Å². The number of methoxy groups -OCH3 is 1. The van der Waals surface area contributed by atoms with Crippen LogP contribution in [0.3, 0.4) is 0 Å². The van der Waals surface area contributed by atoms with Crippen molar-refractivity contribution in [2.75, 3.05) is 12.4 Å². The SMILES string of the molecule is CCn1c(SC(C)C(=O)Nc2ccc(F)cc2F)nnc1C(C)Oc1cccc(OC)c1. The Balaban J connectivity index is 1.70. The van der Waals surface area contributed by atoms with Crippen LogP contribution in [0.15, 0.2) is 47.6 Å². The van der Waals surface area contributed by atoms with Gasteiger partial charge in [0.1, 0.15) is 23.1 Å². The van der Waals surface area contributed by atoms with Crippen LogP contribution in [-0.2, 0) is 11.3 Å². The summed E-state index contributed by atoms with van der Waals surface area (Å²) in [5, 5.41) is 10.9. The average molecular weight is 463 g/mol. The van der Waals surface area contributed by atoms with Gasteiger partial charge in [0.15, 0.2) is 17.1 Å². The van der Waals surface area contributed by atoms with Gasteiger partial charge in [-0.3, -0.25) is 4.79 Å². The summed E-state index contributed by atoms with van der Waals surface area (Å²) in [5.41, 5.74) is -0.0817. The van der Waals surface area contributed by atoms with E-state index in [4.69, 9.17) is 9.47 Å². The number of amides is 1. The zero-order chi connectivity index (χ0) is 23.3. The van der Waals surface area contributed by atoms with Gasteiger partial charge < -0.3 is 19.4 Å². The number of carbonyl (C=O) groups is 1. The fourth-order valence-corrected chi connectivity index (χ4v) is 3.87. The largest absolute Gasteiger partial charge is 0.497 e. The molecule has 0 aliphatic heterocycles. The highest BCUT2D eigenvalue weighted by Gasteiger charge is 2.23. The molecule has 0 saturated heterocycles. The van der Waals surface area contributed by atoms with Crippen molar-refractivity contribution < 1.29 is 23.0 Å². The van der Waals surface area contributed by atoms with Gasteiger partial charge in [0.25, 0.3) is 0 Å². The Morgan fingerprint density at radius 2 is 1.91 bits per heavy atom. The average Bonchev–Trinajstić information content (AvgIpc) is 3.18. The van der Waals surface area contributed by atoms with Crippen LogP contribution in [0.25, 0.3) is 0 Å². The van der Waals surface area contributed by atoms with Crippen LogP contribution in [0.4, 0.5) is 14.5 Å². The van der Waals surface area contributed by atoms with E-state index < -0.39 is 28.9 Å². The Hall–Kier alpha value is -3.14. The minimum Gasteiger partial charge on any atom is -0.497 e. The molecule has 1 N–H and O–H groups in total. The van der Waals surface area contributed by atoms with Crippen molar-refractivity contribution >= 4 is 23.4 Å². The third-order valence-electron chi connectivity index (χ3n) is 4.62. The molecule has 2 atom stereocenters. The van der Waals surface area contributed by atoms with Crippen LogP contribution in [0, 0.1) is 11.6 Å². The molecular formula is C22H24F2N4O3S. The van der Waals surface area contributed by atoms with E-state index in [-0.39, 0.29) is 5.69 Å². The molecule has 2 unspecified atom stereocenters. The van der Waals surface area contributed by atoms with Crippen molar-refractivity contribution in [3.05, 3.63) is 59.9 Å².